The predicted octanol–water partition coefficient (Wildman–Crippen LogP) is 1.47. The Morgan fingerprint density at radius 3 is 2.80 bits per heavy atom. The minimum absolute atomic E-state index is 0.0528. The Morgan fingerprint density at radius 1 is 1.20 bits per heavy atom. The van der Waals surface area contributed by atoms with Crippen molar-refractivity contribution < 1.29 is 13.9 Å². The van der Waals surface area contributed by atoms with Crippen molar-refractivity contribution in [2.45, 2.75) is 38.0 Å². The topological polar surface area (TPSA) is 94.6 Å². The van der Waals surface area contributed by atoms with E-state index in [2.05, 4.69) is 15.1 Å². The van der Waals surface area contributed by atoms with E-state index >= 15 is 0 Å². The quantitative estimate of drug-likeness (QED) is 0.635. The number of aryl methyl sites for hydroxylation is 1. The first-order chi connectivity index (χ1) is 14.5. The summed E-state index contributed by atoms with van der Waals surface area (Å²) in [6.07, 6.45) is 4.31. The van der Waals surface area contributed by atoms with E-state index in [0.29, 0.717) is 35.5 Å². The molecule has 30 heavy (non-hydrogen) atoms. The van der Waals surface area contributed by atoms with Gasteiger partial charge in [-0.2, -0.15) is 5.10 Å². The van der Waals surface area contributed by atoms with Gasteiger partial charge in [0.05, 0.1) is 31.0 Å². The third-order valence-electron chi connectivity index (χ3n) is 5.43. The molecule has 0 bridgehead atoms. The summed E-state index contributed by atoms with van der Waals surface area (Å²) in [6.45, 7) is 0.200. The Hall–Kier alpha value is -3.56. The molecule has 3 heterocycles. The summed E-state index contributed by atoms with van der Waals surface area (Å²) in [6, 6.07) is 5.96. The number of halogens is 1. The van der Waals surface area contributed by atoms with Crippen LogP contribution in [0, 0.1) is 5.82 Å². The number of hydrazone groups is 1. The Balaban J connectivity index is 1.25. The highest BCUT2D eigenvalue weighted by atomic mass is 19.1. The maximum atomic E-state index is 13.3. The Kier molecular flexibility index (Phi) is 4.34. The zero-order chi connectivity index (χ0) is 20.8. The number of fused-ring (bicyclic) bond motifs is 1. The number of carbonyl (C=O) groups excluding carboxylic acids is 1. The maximum absolute atomic E-state index is 13.3. The number of hydrogen-bond donors (Lipinski definition) is 0. The van der Waals surface area contributed by atoms with E-state index < -0.39 is 0 Å². The number of carbonyl (C=O) groups is 1. The standard InChI is InChI=1S/C20H19FN6O3/c1-25-10-22-19-18(25)20(29)26(11-23-19)9-13-6-17(28)27(24-13)14-7-16(8-14)30-15-4-2-3-12(21)5-15/h2-5,10-11,14,16H,6-9H2,1H3. The van der Waals surface area contributed by atoms with Gasteiger partial charge < -0.3 is 9.30 Å². The van der Waals surface area contributed by atoms with Crippen LogP contribution >= 0.6 is 0 Å². The zero-order valence-corrected chi connectivity index (χ0v) is 16.2. The number of imidazole rings is 1. The minimum atomic E-state index is -0.346. The van der Waals surface area contributed by atoms with E-state index in [9.17, 15) is 14.0 Å². The number of aromatic nitrogens is 4. The minimum Gasteiger partial charge on any atom is -0.490 e. The molecular formula is C20H19FN6O3. The molecule has 0 radical (unpaired) electrons. The predicted molar refractivity (Wildman–Crippen MR) is 106 cm³/mol. The number of nitrogens with zero attached hydrogens (tertiary/aromatic N) is 6. The molecule has 0 atom stereocenters. The van der Waals surface area contributed by atoms with Gasteiger partial charge in [0.15, 0.2) is 11.2 Å². The molecular weight excluding hydrogens is 391 g/mol. The first kappa shape index (κ1) is 18.5. The number of benzene rings is 1. The molecule has 0 N–H and O–H groups in total. The zero-order valence-electron chi connectivity index (χ0n) is 16.2. The average Bonchev–Trinajstić information content (AvgIpc) is 3.23. The fourth-order valence-electron chi connectivity index (χ4n) is 3.82. The lowest BCUT2D eigenvalue weighted by atomic mass is 9.88. The monoisotopic (exact) mass is 410 g/mol. The highest BCUT2D eigenvalue weighted by Gasteiger charge is 2.40. The molecule has 0 unspecified atom stereocenters. The van der Waals surface area contributed by atoms with Gasteiger partial charge >= 0.3 is 0 Å². The normalized spacial score (nSPS) is 21.1. The summed E-state index contributed by atoms with van der Waals surface area (Å²) in [5, 5.41) is 5.94. The van der Waals surface area contributed by atoms with Crippen molar-refractivity contribution in [3.05, 3.63) is 53.1 Å². The van der Waals surface area contributed by atoms with Crippen LogP contribution in [0.5, 0.6) is 5.75 Å². The SMILES string of the molecule is Cn1cnc2ncn(CC3=NN(C4CC(Oc5cccc(F)c5)C4)C(=O)C3)c(=O)c21. The van der Waals surface area contributed by atoms with Gasteiger partial charge in [-0.3, -0.25) is 14.2 Å². The molecule has 2 aliphatic rings. The molecule has 9 nitrogen and oxygen atoms in total. The van der Waals surface area contributed by atoms with Gasteiger partial charge in [0.25, 0.3) is 5.56 Å². The van der Waals surface area contributed by atoms with Gasteiger partial charge in [-0.05, 0) is 12.1 Å². The van der Waals surface area contributed by atoms with Crippen LogP contribution in [-0.4, -0.2) is 47.9 Å². The lowest BCUT2D eigenvalue weighted by molar-refractivity contribution is -0.134. The number of hydrogen-bond acceptors (Lipinski definition) is 6. The molecule has 10 heteroatoms. The molecule has 1 aliphatic carbocycles. The summed E-state index contributed by atoms with van der Waals surface area (Å²) >= 11 is 0. The van der Waals surface area contributed by atoms with Gasteiger partial charge in [0, 0.05) is 26.0 Å². The second-order valence-corrected chi connectivity index (χ2v) is 7.61. The average molecular weight is 410 g/mol. The highest BCUT2D eigenvalue weighted by Crippen LogP contribution is 2.32. The molecule has 1 aromatic carbocycles. The second kappa shape index (κ2) is 7.05. The van der Waals surface area contributed by atoms with E-state index in [1.54, 1.807) is 30.1 Å². The molecule has 154 valence electrons. The van der Waals surface area contributed by atoms with Crippen molar-refractivity contribution in [1.29, 1.82) is 0 Å². The number of rotatable bonds is 5. The number of ether oxygens (including phenoxy) is 1. The van der Waals surface area contributed by atoms with E-state index in [-0.39, 0.29) is 42.4 Å². The maximum Gasteiger partial charge on any atom is 0.279 e. The van der Waals surface area contributed by atoms with Gasteiger partial charge in [-0.25, -0.2) is 19.4 Å². The van der Waals surface area contributed by atoms with Crippen LogP contribution in [0.15, 0.2) is 46.8 Å². The second-order valence-electron chi connectivity index (χ2n) is 7.61. The van der Waals surface area contributed by atoms with Crippen molar-refractivity contribution in [2.75, 3.05) is 0 Å². The Morgan fingerprint density at radius 2 is 2.00 bits per heavy atom. The van der Waals surface area contributed by atoms with Gasteiger partial charge in [-0.15, -0.1) is 0 Å². The molecule has 2 aromatic heterocycles. The van der Waals surface area contributed by atoms with E-state index in [4.69, 9.17) is 4.74 Å². The molecule has 0 spiro atoms. The lowest BCUT2D eigenvalue weighted by Crippen LogP contribution is -2.48. The van der Waals surface area contributed by atoms with Crippen molar-refractivity contribution in [2.24, 2.45) is 12.1 Å². The first-order valence-electron chi connectivity index (χ1n) is 9.65. The summed E-state index contributed by atoms with van der Waals surface area (Å²) in [5.41, 5.74) is 1.19. The van der Waals surface area contributed by atoms with Crippen LogP contribution in [0.1, 0.15) is 19.3 Å². The number of amides is 1. The fraction of sp³-hybridized carbons (Fsp3) is 0.350. The van der Waals surface area contributed by atoms with Crippen molar-refractivity contribution in [3.8, 4) is 5.75 Å². The molecule has 3 aromatic rings. The third-order valence-corrected chi connectivity index (χ3v) is 5.43. The van der Waals surface area contributed by atoms with Crippen LogP contribution < -0.4 is 10.3 Å². The summed E-state index contributed by atoms with van der Waals surface area (Å²) in [4.78, 5) is 33.4. The van der Waals surface area contributed by atoms with Crippen LogP contribution in [0.25, 0.3) is 11.2 Å². The Bertz CT molecular complexity index is 1230. The first-order valence-corrected chi connectivity index (χ1v) is 9.65. The fourth-order valence-corrected chi connectivity index (χ4v) is 3.82. The van der Waals surface area contributed by atoms with Crippen LogP contribution in [0.3, 0.4) is 0 Å². The summed E-state index contributed by atoms with van der Waals surface area (Å²) < 4.78 is 22.1. The van der Waals surface area contributed by atoms with Gasteiger partial charge in [-0.1, -0.05) is 6.07 Å². The largest absolute Gasteiger partial charge is 0.490 e. The Labute approximate surface area is 170 Å². The van der Waals surface area contributed by atoms with Gasteiger partial charge in [0.2, 0.25) is 5.91 Å². The van der Waals surface area contributed by atoms with Crippen LogP contribution in [-0.2, 0) is 18.4 Å². The molecule has 1 saturated carbocycles. The summed E-state index contributed by atoms with van der Waals surface area (Å²) in [5.74, 6) is 0.0380. The lowest BCUT2D eigenvalue weighted by Gasteiger charge is -2.38. The van der Waals surface area contributed by atoms with Crippen molar-refractivity contribution in [3.63, 3.8) is 0 Å². The van der Waals surface area contributed by atoms with Crippen molar-refractivity contribution >= 4 is 22.8 Å². The molecule has 1 amide bonds. The molecule has 5 rings (SSSR count). The highest BCUT2D eigenvalue weighted by molar-refractivity contribution is 6.05. The van der Waals surface area contributed by atoms with E-state index in [1.165, 1.54) is 28.0 Å². The molecule has 1 fully saturated rings. The summed E-state index contributed by atoms with van der Waals surface area (Å²) in [7, 11) is 1.74. The van der Waals surface area contributed by atoms with Crippen LogP contribution in [0.2, 0.25) is 0 Å². The molecule has 1 aliphatic heterocycles. The third kappa shape index (κ3) is 3.23. The van der Waals surface area contributed by atoms with E-state index in [0.717, 1.165) is 0 Å². The van der Waals surface area contributed by atoms with Crippen LogP contribution in [0.4, 0.5) is 4.39 Å². The van der Waals surface area contributed by atoms with Gasteiger partial charge in [0.1, 0.15) is 24.0 Å². The molecule has 0 saturated heterocycles. The van der Waals surface area contributed by atoms with Crippen molar-refractivity contribution in [1.82, 2.24) is 24.1 Å². The van der Waals surface area contributed by atoms with E-state index in [1.807, 2.05) is 0 Å². The smallest absolute Gasteiger partial charge is 0.279 e.